The number of nitrogens with one attached hydrogen (secondary N) is 1. The first-order chi connectivity index (χ1) is 15.1. The topological polar surface area (TPSA) is 53.9 Å². The van der Waals surface area contributed by atoms with Crippen LogP contribution in [0.1, 0.15) is 22.4 Å². The minimum Gasteiger partial charge on any atom is -0.355 e. The van der Waals surface area contributed by atoms with E-state index in [0.717, 1.165) is 18.2 Å². The van der Waals surface area contributed by atoms with Gasteiger partial charge in [0, 0.05) is 37.0 Å². The average molecular weight is 490 g/mol. The third kappa shape index (κ3) is 5.47. The van der Waals surface area contributed by atoms with Crippen LogP contribution in [0.15, 0.2) is 48.9 Å². The lowest BCUT2D eigenvalue weighted by atomic mass is 10.1. The second-order valence-electron chi connectivity index (χ2n) is 7.21. The summed E-state index contributed by atoms with van der Waals surface area (Å²) in [4.78, 5) is 14.0. The normalized spacial score (nSPS) is 14.2. The SMILES string of the molecule is Cl.FC(F)(F)c1ccc(Nc2ncnc3c2CCN(c2ncccc2C(F)(F)F)CC3)cc1. The lowest BCUT2D eigenvalue weighted by Gasteiger charge is -2.24. The molecular weight excluding hydrogens is 472 g/mol. The summed E-state index contributed by atoms with van der Waals surface area (Å²) in [5, 5.41) is 3.00. The molecule has 0 bridgehead atoms. The first-order valence-corrected chi connectivity index (χ1v) is 9.67. The Kier molecular flexibility index (Phi) is 7.01. The summed E-state index contributed by atoms with van der Waals surface area (Å²) in [6.45, 7) is 0.534. The smallest absolute Gasteiger partial charge is 0.355 e. The van der Waals surface area contributed by atoms with Gasteiger partial charge in [-0.1, -0.05) is 0 Å². The van der Waals surface area contributed by atoms with Crippen LogP contribution in [0.5, 0.6) is 0 Å². The van der Waals surface area contributed by atoms with Crippen molar-refractivity contribution >= 4 is 29.7 Å². The third-order valence-electron chi connectivity index (χ3n) is 5.15. The van der Waals surface area contributed by atoms with Crippen LogP contribution in [0.25, 0.3) is 0 Å². The van der Waals surface area contributed by atoms with E-state index in [2.05, 4.69) is 20.3 Å². The molecule has 5 nitrogen and oxygen atoms in total. The molecule has 1 aromatic carbocycles. The van der Waals surface area contributed by atoms with Crippen molar-refractivity contribution in [1.82, 2.24) is 15.0 Å². The molecule has 0 unspecified atom stereocenters. The number of halogens is 7. The van der Waals surface area contributed by atoms with E-state index in [4.69, 9.17) is 0 Å². The molecule has 12 heteroatoms. The summed E-state index contributed by atoms with van der Waals surface area (Å²) in [5.41, 5.74) is 0.209. The number of pyridine rings is 1. The highest BCUT2D eigenvalue weighted by molar-refractivity contribution is 5.85. The zero-order valence-corrected chi connectivity index (χ0v) is 17.7. The molecule has 0 aliphatic carbocycles. The van der Waals surface area contributed by atoms with Gasteiger partial charge < -0.3 is 10.2 Å². The van der Waals surface area contributed by atoms with Crippen molar-refractivity contribution in [3.8, 4) is 0 Å². The Labute approximate surface area is 191 Å². The Morgan fingerprint density at radius 1 is 0.818 bits per heavy atom. The fraction of sp³-hybridized carbons (Fsp3) is 0.286. The summed E-state index contributed by atoms with van der Waals surface area (Å²) < 4.78 is 78.5. The van der Waals surface area contributed by atoms with Gasteiger partial charge >= 0.3 is 12.4 Å². The Bertz CT molecular complexity index is 1100. The highest BCUT2D eigenvalue weighted by Crippen LogP contribution is 2.36. The summed E-state index contributed by atoms with van der Waals surface area (Å²) in [7, 11) is 0. The van der Waals surface area contributed by atoms with E-state index in [1.54, 1.807) is 4.90 Å². The molecule has 3 aromatic rings. The number of rotatable bonds is 3. The quantitative estimate of drug-likeness (QED) is 0.480. The van der Waals surface area contributed by atoms with Gasteiger partial charge in [-0.25, -0.2) is 15.0 Å². The first-order valence-electron chi connectivity index (χ1n) is 9.67. The minimum absolute atomic E-state index is 0. The average Bonchev–Trinajstić information content (AvgIpc) is 2.96. The molecule has 0 amide bonds. The molecule has 1 N–H and O–H groups in total. The Morgan fingerprint density at radius 3 is 2.18 bits per heavy atom. The van der Waals surface area contributed by atoms with Gasteiger partial charge in [-0.05, 0) is 42.8 Å². The minimum atomic E-state index is -4.53. The van der Waals surface area contributed by atoms with Crippen molar-refractivity contribution in [2.75, 3.05) is 23.3 Å². The molecule has 0 fully saturated rings. The Hall–Kier alpha value is -3.08. The molecule has 3 heterocycles. The predicted octanol–water partition coefficient (Wildman–Crippen LogP) is 5.68. The fourth-order valence-corrected chi connectivity index (χ4v) is 3.60. The zero-order valence-electron chi connectivity index (χ0n) is 16.9. The maximum absolute atomic E-state index is 13.4. The highest BCUT2D eigenvalue weighted by Gasteiger charge is 2.36. The lowest BCUT2D eigenvalue weighted by Crippen LogP contribution is -2.29. The van der Waals surface area contributed by atoms with Crippen LogP contribution >= 0.6 is 12.4 Å². The van der Waals surface area contributed by atoms with Crippen molar-refractivity contribution < 1.29 is 26.3 Å². The number of fused-ring (bicyclic) bond motifs is 1. The molecule has 2 aromatic heterocycles. The lowest BCUT2D eigenvalue weighted by molar-refractivity contribution is -0.138. The van der Waals surface area contributed by atoms with Crippen LogP contribution in [0, 0.1) is 0 Å². The molecule has 176 valence electrons. The van der Waals surface area contributed by atoms with Gasteiger partial charge in [0.15, 0.2) is 0 Å². The summed E-state index contributed by atoms with van der Waals surface area (Å²) in [5.74, 6) is 0.270. The van der Waals surface area contributed by atoms with Gasteiger partial charge in [-0.3, -0.25) is 0 Å². The maximum Gasteiger partial charge on any atom is 0.419 e. The maximum atomic E-state index is 13.4. The molecule has 1 aliphatic heterocycles. The Balaban J connectivity index is 0.00000306. The van der Waals surface area contributed by atoms with Crippen molar-refractivity contribution in [3.05, 3.63) is 71.3 Å². The van der Waals surface area contributed by atoms with Crippen LogP contribution in [-0.4, -0.2) is 28.0 Å². The highest BCUT2D eigenvalue weighted by atomic mass is 35.5. The number of aromatic nitrogens is 3. The van der Waals surface area contributed by atoms with Crippen molar-refractivity contribution in [2.24, 2.45) is 0 Å². The van der Waals surface area contributed by atoms with Gasteiger partial charge in [0.05, 0.1) is 16.8 Å². The summed E-state index contributed by atoms with van der Waals surface area (Å²) in [6.07, 6.45) is -5.62. The number of benzene rings is 1. The molecule has 0 spiro atoms. The molecule has 0 radical (unpaired) electrons. The van der Waals surface area contributed by atoms with Gasteiger partial charge in [0.25, 0.3) is 0 Å². The summed E-state index contributed by atoms with van der Waals surface area (Å²) in [6, 6.07) is 6.76. The van der Waals surface area contributed by atoms with E-state index in [-0.39, 0.29) is 31.3 Å². The van der Waals surface area contributed by atoms with Crippen molar-refractivity contribution in [1.29, 1.82) is 0 Å². The van der Waals surface area contributed by atoms with E-state index >= 15 is 0 Å². The number of hydrogen-bond acceptors (Lipinski definition) is 5. The molecule has 33 heavy (non-hydrogen) atoms. The van der Waals surface area contributed by atoms with Crippen molar-refractivity contribution in [3.63, 3.8) is 0 Å². The number of anilines is 3. The van der Waals surface area contributed by atoms with E-state index in [9.17, 15) is 26.3 Å². The van der Waals surface area contributed by atoms with Crippen LogP contribution in [0.4, 0.5) is 43.7 Å². The van der Waals surface area contributed by atoms with Gasteiger partial charge in [0.2, 0.25) is 0 Å². The number of hydrogen-bond donors (Lipinski definition) is 1. The number of alkyl halides is 6. The van der Waals surface area contributed by atoms with Crippen molar-refractivity contribution in [2.45, 2.75) is 25.2 Å². The molecule has 4 rings (SSSR count). The van der Waals surface area contributed by atoms with Crippen LogP contribution in [0.2, 0.25) is 0 Å². The van der Waals surface area contributed by atoms with E-state index in [1.165, 1.54) is 30.7 Å². The first kappa shape index (κ1) is 24.6. The third-order valence-corrected chi connectivity index (χ3v) is 5.15. The standard InChI is InChI=1S/C21H17F6N5.ClH/c22-20(23,24)13-3-5-14(6-4-13)31-18-15-7-10-32(11-8-17(15)29-12-30-18)19-16(21(25,26)27)2-1-9-28-19;/h1-6,9,12H,7-8,10-11H2,(H,29,30,31);1H. The molecular formula is C21H18ClF6N5. The molecule has 0 saturated carbocycles. The van der Waals surface area contributed by atoms with Gasteiger partial charge in [0.1, 0.15) is 18.0 Å². The van der Waals surface area contributed by atoms with Crippen LogP contribution in [0.3, 0.4) is 0 Å². The van der Waals surface area contributed by atoms with Crippen LogP contribution < -0.4 is 10.2 Å². The van der Waals surface area contributed by atoms with E-state index in [1.807, 2.05) is 0 Å². The van der Waals surface area contributed by atoms with E-state index in [0.29, 0.717) is 35.6 Å². The number of nitrogens with zero attached hydrogens (tertiary/aromatic N) is 4. The summed E-state index contributed by atoms with van der Waals surface area (Å²) >= 11 is 0. The fourth-order valence-electron chi connectivity index (χ4n) is 3.60. The van der Waals surface area contributed by atoms with E-state index < -0.39 is 23.5 Å². The molecule has 0 atom stereocenters. The second kappa shape index (κ2) is 9.42. The molecule has 1 aliphatic rings. The second-order valence-corrected chi connectivity index (χ2v) is 7.21. The monoisotopic (exact) mass is 489 g/mol. The molecule has 0 saturated heterocycles. The zero-order chi connectivity index (χ0) is 22.9. The largest absolute Gasteiger partial charge is 0.419 e. The Morgan fingerprint density at radius 2 is 1.52 bits per heavy atom. The van der Waals surface area contributed by atoms with Gasteiger partial charge in [-0.2, -0.15) is 26.3 Å². The predicted molar refractivity (Wildman–Crippen MR) is 113 cm³/mol. The van der Waals surface area contributed by atoms with Crippen LogP contribution in [-0.2, 0) is 25.2 Å². The van der Waals surface area contributed by atoms with Gasteiger partial charge in [-0.15, -0.1) is 12.4 Å².